The van der Waals surface area contributed by atoms with Crippen molar-refractivity contribution in [1.82, 2.24) is 19.6 Å². The van der Waals surface area contributed by atoms with Crippen molar-refractivity contribution in [2.24, 2.45) is 5.92 Å². The molecule has 37 heavy (non-hydrogen) atoms. The number of ether oxygens (including phenoxy) is 3. The largest absolute Gasteiger partial charge is 0.496 e. The maximum absolute atomic E-state index is 11.2. The van der Waals surface area contributed by atoms with Crippen LogP contribution in [-0.2, 0) is 11.4 Å². The molecule has 6 rings (SSSR count). The number of thiazole rings is 1. The number of allylic oxidation sites excluding steroid dienone is 2. The third-order valence-electron chi connectivity index (χ3n) is 6.22. The average Bonchev–Trinajstić information content (AvgIpc) is 3.69. The number of nitrogens with zero attached hydrogens (tertiary/aromatic N) is 4. The molecular formula is C25H22N4O6S2. The number of hydrogen-bond acceptors (Lipinski definition) is 10. The second-order valence-corrected chi connectivity index (χ2v) is 10.3. The molecule has 0 spiro atoms. The summed E-state index contributed by atoms with van der Waals surface area (Å²) in [6.45, 7) is 0.272. The molecule has 0 aliphatic heterocycles. The Bertz CT molecular complexity index is 1610. The normalized spacial score (nSPS) is 15.7. The predicted molar refractivity (Wildman–Crippen MR) is 139 cm³/mol. The van der Waals surface area contributed by atoms with Crippen molar-refractivity contribution in [3.63, 3.8) is 0 Å². The van der Waals surface area contributed by atoms with Gasteiger partial charge in [-0.2, -0.15) is 0 Å². The summed E-state index contributed by atoms with van der Waals surface area (Å²) in [6.07, 6.45) is 5.68. The van der Waals surface area contributed by atoms with E-state index in [4.69, 9.17) is 23.6 Å². The predicted octanol–water partition coefficient (Wildman–Crippen LogP) is 5.52. The standard InChI is InChI=1S/C25H22N4O6S2/c1-32-16-7-19(34-11-15-12-36-22(26-15)13-3-5-14(6-4-13)23(30)31)17-9-21(35-20(17)8-16)18-10-29-24(27-18)37-25(28-29)33-2/h3,7-10,12,14H,4-6,11H2,1-2H3,(H,30,31). The highest BCUT2D eigenvalue weighted by Gasteiger charge is 2.23. The van der Waals surface area contributed by atoms with Crippen LogP contribution in [0.1, 0.15) is 30.0 Å². The molecule has 1 aliphatic carbocycles. The van der Waals surface area contributed by atoms with E-state index in [9.17, 15) is 9.90 Å². The average molecular weight is 539 g/mol. The van der Waals surface area contributed by atoms with Crippen molar-refractivity contribution in [1.29, 1.82) is 0 Å². The first-order valence-corrected chi connectivity index (χ1v) is 13.2. The Kier molecular flexibility index (Phi) is 6.05. The van der Waals surface area contributed by atoms with Crippen LogP contribution in [0.15, 0.2) is 40.3 Å². The van der Waals surface area contributed by atoms with Gasteiger partial charge in [0, 0.05) is 17.5 Å². The zero-order valence-corrected chi connectivity index (χ0v) is 21.6. The van der Waals surface area contributed by atoms with Crippen LogP contribution in [0.3, 0.4) is 0 Å². The lowest BCUT2D eigenvalue weighted by Gasteiger charge is -2.16. The lowest BCUT2D eigenvalue weighted by Crippen LogP contribution is -2.15. The molecule has 190 valence electrons. The van der Waals surface area contributed by atoms with E-state index in [1.54, 1.807) is 36.3 Å². The molecule has 0 fully saturated rings. The number of hydrogen-bond donors (Lipinski definition) is 1. The van der Waals surface area contributed by atoms with E-state index in [1.165, 1.54) is 11.3 Å². The quantitative estimate of drug-likeness (QED) is 0.272. The van der Waals surface area contributed by atoms with Gasteiger partial charge >= 0.3 is 5.97 Å². The zero-order chi connectivity index (χ0) is 25.5. The minimum Gasteiger partial charge on any atom is -0.496 e. The summed E-state index contributed by atoms with van der Waals surface area (Å²) in [6, 6.07) is 5.53. The molecule has 0 saturated carbocycles. The molecular weight excluding hydrogens is 516 g/mol. The van der Waals surface area contributed by atoms with Crippen LogP contribution in [0.2, 0.25) is 0 Å². The molecule has 5 aromatic rings. The van der Waals surface area contributed by atoms with Gasteiger partial charge < -0.3 is 23.7 Å². The molecule has 4 heterocycles. The van der Waals surface area contributed by atoms with Gasteiger partial charge in [-0.25, -0.2) is 14.5 Å². The van der Waals surface area contributed by atoms with E-state index in [0.717, 1.165) is 21.7 Å². The Balaban J connectivity index is 1.23. The molecule has 0 amide bonds. The van der Waals surface area contributed by atoms with Crippen LogP contribution in [0.5, 0.6) is 16.7 Å². The van der Waals surface area contributed by atoms with Gasteiger partial charge in [-0.15, -0.1) is 16.4 Å². The number of imidazole rings is 1. The van der Waals surface area contributed by atoms with Crippen molar-refractivity contribution in [3.8, 4) is 28.1 Å². The highest BCUT2D eigenvalue weighted by atomic mass is 32.1. The highest BCUT2D eigenvalue weighted by Crippen LogP contribution is 2.38. The number of aromatic nitrogens is 4. The van der Waals surface area contributed by atoms with E-state index in [1.807, 2.05) is 29.7 Å². The zero-order valence-electron chi connectivity index (χ0n) is 20.0. The number of rotatable bonds is 8. The summed E-state index contributed by atoms with van der Waals surface area (Å²) in [5, 5.41) is 17.7. The second-order valence-electron chi connectivity index (χ2n) is 8.54. The lowest BCUT2D eigenvalue weighted by atomic mass is 9.90. The maximum atomic E-state index is 11.2. The topological polar surface area (TPSA) is 121 Å². The van der Waals surface area contributed by atoms with E-state index in [2.05, 4.69) is 10.1 Å². The fourth-order valence-electron chi connectivity index (χ4n) is 4.25. The Morgan fingerprint density at radius 1 is 1.24 bits per heavy atom. The minimum atomic E-state index is -0.736. The highest BCUT2D eigenvalue weighted by molar-refractivity contribution is 7.18. The molecule has 10 nitrogen and oxygen atoms in total. The van der Waals surface area contributed by atoms with Gasteiger partial charge in [-0.05, 0) is 42.2 Å². The Hall–Kier alpha value is -3.90. The number of methoxy groups -OCH3 is 2. The summed E-state index contributed by atoms with van der Waals surface area (Å²) < 4.78 is 24.6. The maximum Gasteiger partial charge on any atom is 0.306 e. The SMILES string of the molecule is COc1cc(OCc2csc(C3=CCC(C(=O)O)CC3)n2)c2cc(-c3cn4nc(OC)sc4n3)oc2c1. The van der Waals surface area contributed by atoms with Gasteiger partial charge in [-0.1, -0.05) is 6.08 Å². The van der Waals surface area contributed by atoms with Crippen molar-refractivity contribution in [2.45, 2.75) is 25.9 Å². The Morgan fingerprint density at radius 2 is 2.14 bits per heavy atom. The molecule has 0 saturated heterocycles. The van der Waals surface area contributed by atoms with E-state index >= 15 is 0 Å². The number of fused-ring (bicyclic) bond motifs is 2. The molecule has 1 aromatic carbocycles. The minimum absolute atomic E-state index is 0.272. The van der Waals surface area contributed by atoms with Crippen LogP contribution in [-0.4, -0.2) is 44.9 Å². The van der Waals surface area contributed by atoms with Gasteiger partial charge in [0.2, 0.25) is 4.96 Å². The van der Waals surface area contributed by atoms with Crippen molar-refractivity contribution in [2.75, 3.05) is 14.2 Å². The summed E-state index contributed by atoms with van der Waals surface area (Å²) >= 11 is 2.89. The molecule has 1 N–H and O–H groups in total. The van der Waals surface area contributed by atoms with E-state index < -0.39 is 5.97 Å². The first-order chi connectivity index (χ1) is 18.0. The number of carboxylic acids is 1. The smallest absolute Gasteiger partial charge is 0.306 e. The molecule has 1 unspecified atom stereocenters. The lowest BCUT2D eigenvalue weighted by molar-refractivity contribution is -0.141. The summed E-state index contributed by atoms with van der Waals surface area (Å²) in [7, 11) is 3.17. The first kappa shape index (κ1) is 23.5. The molecule has 0 radical (unpaired) electrons. The Morgan fingerprint density at radius 3 is 2.86 bits per heavy atom. The van der Waals surface area contributed by atoms with Gasteiger partial charge in [-0.3, -0.25) is 4.79 Å². The van der Waals surface area contributed by atoms with Crippen LogP contribution in [0.4, 0.5) is 0 Å². The molecule has 0 bridgehead atoms. The van der Waals surface area contributed by atoms with Crippen LogP contribution in [0.25, 0.3) is 33.0 Å². The van der Waals surface area contributed by atoms with Gasteiger partial charge in [0.05, 0.1) is 37.4 Å². The fraction of sp³-hybridized carbons (Fsp3) is 0.280. The number of benzene rings is 1. The van der Waals surface area contributed by atoms with Crippen molar-refractivity contribution >= 4 is 50.1 Å². The number of furan rings is 1. The van der Waals surface area contributed by atoms with E-state index in [-0.39, 0.29) is 12.5 Å². The van der Waals surface area contributed by atoms with Crippen LogP contribution >= 0.6 is 22.7 Å². The third kappa shape index (κ3) is 4.53. The number of carboxylic acid groups (broad SMARTS) is 1. The van der Waals surface area contributed by atoms with E-state index in [0.29, 0.717) is 58.0 Å². The fourth-order valence-corrected chi connectivity index (χ4v) is 5.83. The molecule has 1 aliphatic rings. The van der Waals surface area contributed by atoms with Crippen molar-refractivity contribution in [3.05, 3.63) is 46.6 Å². The second kappa shape index (κ2) is 9.52. The van der Waals surface area contributed by atoms with Crippen LogP contribution in [0, 0.1) is 5.92 Å². The van der Waals surface area contributed by atoms with Gasteiger partial charge in [0.1, 0.15) is 34.4 Å². The first-order valence-electron chi connectivity index (χ1n) is 11.5. The van der Waals surface area contributed by atoms with Gasteiger partial charge in [0.15, 0.2) is 5.76 Å². The van der Waals surface area contributed by atoms with Gasteiger partial charge in [0.25, 0.3) is 5.19 Å². The molecule has 12 heteroatoms. The number of carbonyl (C=O) groups is 1. The van der Waals surface area contributed by atoms with Crippen LogP contribution < -0.4 is 14.2 Å². The Labute approximate surface area is 218 Å². The number of aliphatic carboxylic acids is 1. The molecule has 1 atom stereocenters. The monoisotopic (exact) mass is 538 g/mol. The summed E-state index contributed by atoms with van der Waals surface area (Å²) in [5.74, 6) is 0.768. The summed E-state index contributed by atoms with van der Waals surface area (Å²) in [5.41, 5.74) is 3.17. The summed E-state index contributed by atoms with van der Waals surface area (Å²) in [4.78, 5) is 21.2. The molecule has 4 aromatic heterocycles. The third-order valence-corrected chi connectivity index (χ3v) is 8.07. The van der Waals surface area contributed by atoms with Crippen molar-refractivity contribution < 1.29 is 28.5 Å².